The molecular weight excluding hydrogens is 178 g/mol. The molecule has 12 heavy (non-hydrogen) atoms. The lowest BCUT2D eigenvalue weighted by atomic mass is 10.1. The van der Waals surface area contributed by atoms with Gasteiger partial charge in [-0.2, -0.15) is 5.10 Å². The van der Waals surface area contributed by atoms with Gasteiger partial charge >= 0.3 is 0 Å². The van der Waals surface area contributed by atoms with Crippen LogP contribution < -0.4 is 5.73 Å². The molecule has 0 bridgehead atoms. The van der Waals surface area contributed by atoms with Gasteiger partial charge in [0.2, 0.25) is 0 Å². The summed E-state index contributed by atoms with van der Waals surface area (Å²) < 4.78 is 1.54. The predicted molar refractivity (Wildman–Crippen MR) is 47.0 cm³/mol. The minimum Gasteiger partial charge on any atom is -0.394 e. The van der Waals surface area contributed by atoms with Crippen LogP contribution in [0.15, 0.2) is 0 Å². The summed E-state index contributed by atoms with van der Waals surface area (Å²) in [5.74, 6) is 0. The van der Waals surface area contributed by atoms with Crippen molar-refractivity contribution in [2.24, 2.45) is 12.8 Å². The number of hydrogen-bond acceptors (Lipinski definition) is 3. The van der Waals surface area contributed by atoms with Gasteiger partial charge in [-0.15, -0.1) is 0 Å². The highest BCUT2D eigenvalue weighted by atomic mass is 35.5. The van der Waals surface area contributed by atoms with Crippen LogP contribution in [0, 0.1) is 6.92 Å². The van der Waals surface area contributed by atoms with Crippen molar-refractivity contribution in [2.45, 2.75) is 13.0 Å². The first-order valence-corrected chi connectivity index (χ1v) is 4.01. The van der Waals surface area contributed by atoms with Gasteiger partial charge in [0.1, 0.15) is 5.15 Å². The van der Waals surface area contributed by atoms with E-state index in [-0.39, 0.29) is 6.61 Å². The largest absolute Gasteiger partial charge is 0.394 e. The van der Waals surface area contributed by atoms with E-state index in [1.54, 1.807) is 11.7 Å². The Hall–Kier alpha value is -0.580. The van der Waals surface area contributed by atoms with Gasteiger partial charge in [0.05, 0.1) is 18.3 Å². The van der Waals surface area contributed by atoms with Crippen molar-refractivity contribution in [3.05, 3.63) is 16.4 Å². The van der Waals surface area contributed by atoms with Crippen molar-refractivity contribution in [2.75, 3.05) is 6.61 Å². The smallest absolute Gasteiger partial charge is 0.131 e. The van der Waals surface area contributed by atoms with Crippen LogP contribution in [0.2, 0.25) is 5.15 Å². The number of nitrogens with two attached hydrogens (primary N) is 1. The van der Waals surface area contributed by atoms with Crippen molar-refractivity contribution < 1.29 is 5.11 Å². The van der Waals surface area contributed by atoms with Crippen LogP contribution in [0.5, 0.6) is 0 Å². The second kappa shape index (κ2) is 3.43. The second-order valence-electron chi connectivity index (χ2n) is 2.70. The van der Waals surface area contributed by atoms with Crippen molar-refractivity contribution in [1.82, 2.24) is 9.78 Å². The van der Waals surface area contributed by atoms with E-state index in [4.69, 9.17) is 22.4 Å². The van der Waals surface area contributed by atoms with Gasteiger partial charge in [-0.25, -0.2) is 0 Å². The monoisotopic (exact) mass is 189 g/mol. The average Bonchev–Trinajstić information content (AvgIpc) is 2.26. The Labute approximate surface area is 75.9 Å². The fourth-order valence-electron chi connectivity index (χ4n) is 1.16. The summed E-state index contributed by atoms with van der Waals surface area (Å²) in [6.07, 6.45) is 0. The molecule has 0 aliphatic carbocycles. The maximum atomic E-state index is 8.83. The highest BCUT2D eigenvalue weighted by Gasteiger charge is 2.16. The standard InChI is InChI=1S/C7H12ClN3O/c1-4-6(5(9)3-12)7(8)11(2)10-4/h5,12H,3,9H2,1-2H3. The molecular formula is C7H12ClN3O. The zero-order valence-electron chi connectivity index (χ0n) is 7.08. The van der Waals surface area contributed by atoms with Crippen LogP contribution in [-0.2, 0) is 7.05 Å². The number of nitrogens with zero attached hydrogens (tertiary/aromatic N) is 2. The zero-order chi connectivity index (χ0) is 9.30. The molecule has 1 rings (SSSR count). The molecule has 0 aliphatic heterocycles. The van der Waals surface area contributed by atoms with E-state index in [0.29, 0.717) is 5.15 Å². The third-order valence-electron chi connectivity index (χ3n) is 1.76. The number of hydrogen-bond donors (Lipinski definition) is 2. The first kappa shape index (κ1) is 9.51. The molecule has 0 aliphatic rings. The van der Waals surface area contributed by atoms with E-state index >= 15 is 0 Å². The molecule has 1 aromatic rings. The van der Waals surface area contributed by atoms with Gasteiger partial charge in [0, 0.05) is 12.6 Å². The van der Waals surface area contributed by atoms with E-state index in [0.717, 1.165) is 11.3 Å². The van der Waals surface area contributed by atoms with Gasteiger partial charge in [-0.1, -0.05) is 11.6 Å². The van der Waals surface area contributed by atoms with Crippen LogP contribution in [0.3, 0.4) is 0 Å². The molecule has 5 heteroatoms. The summed E-state index contributed by atoms with van der Waals surface area (Å²) in [6.45, 7) is 1.70. The summed E-state index contributed by atoms with van der Waals surface area (Å²) in [4.78, 5) is 0. The molecule has 0 amide bonds. The number of aryl methyl sites for hydroxylation is 2. The Morgan fingerprint density at radius 2 is 2.33 bits per heavy atom. The summed E-state index contributed by atoms with van der Waals surface area (Å²) in [5.41, 5.74) is 7.11. The number of halogens is 1. The predicted octanol–water partition coefficient (Wildman–Crippen LogP) is 0.374. The fourth-order valence-corrected chi connectivity index (χ4v) is 1.47. The summed E-state index contributed by atoms with van der Waals surface area (Å²) in [7, 11) is 1.74. The number of aliphatic hydroxyl groups is 1. The number of rotatable bonds is 2. The Morgan fingerprint density at radius 3 is 2.67 bits per heavy atom. The highest BCUT2D eigenvalue weighted by Crippen LogP contribution is 2.23. The van der Waals surface area contributed by atoms with Crippen LogP contribution >= 0.6 is 11.6 Å². The lowest BCUT2D eigenvalue weighted by Crippen LogP contribution is -2.15. The normalized spacial score (nSPS) is 13.4. The molecule has 0 spiro atoms. The first-order valence-electron chi connectivity index (χ1n) is 3.63. The van der Waals surface area contributed by atoms with Gasteiger partial charge in [-0.3, -0.25) is 4.68 Å². The van der Waals surface area contributed by atoms with Crippen molar-refractivity contribution in [1.29, 1.82) is 0 Å². The highest BCUT2D eigenvalue weighted by molar-refractivity contribution is 6.30. The Morgan fingerprint density at radius 1 is 1.75 bits per heavy atom. The van der Waals surface area contributed by atoms with E-state index in [2.05, 4.69) is 5.10 Å². The molecule has 0 saturated carbocycles. The van der Waals surface area contributed by atoms with Crippen LogP contribution in [-0.4, -0.2) is 21.5 Å². The van der Waals surface area contributed by atoms with Gasteiger partial charge in [0.25, 0.3) is 0 Å². The Balaban J connectivity index is 3.13. The van der Waals surface area contributed by atoms with Crippen molar-refractivity contribution in [3.63, 3.8) is 0 Å². The van der Waals surface area contributed by atoms with Gasteiger partial charge < -0.3 is 10.8 Å². The minimum absolute atomic E-state index is 0.119. The van der Waals surface area contributed by atoms with E-state index in [1.807, 2.05) is 6.92 Å². The molecule has 68 valence electrons. The zero-order valence-corrected chi connectivity index (χ0v) is 7.84. The average molecular weight is 190 g/mol. The third-order valence-corrected chi connectivity index (χ3v) is 2.21. The molecule has 0 saturated heterocycles. The summed E-state index contributed by atoms with van der Waals surface area (Å²) in [6, 6.07) is -0.439. The number of aromatic nitrogens is 2. The molecule has 1 aromatic heterocycles. The van der Waals surface area contributed by atoms with Crippen LogP contribution in [0.1, 0.15) is 17.3 Å². The van der Waals surface area contributed by atoms with Crippen LogP contribution in [0.25, 0.3) is 0 Å². The third kappa shape index (κ3) is 1.46. The Bertz CT molecular complexity index is 284. The molecule has 0 fully saturated rings. The fraction of sp³-hybridized carbons (Fsp3) is 0.571. The molecule has 0 aromatic carbocycles. The molecule has 3 N–H and O–H groups in total. The molecule has 0 radical (unpaired) electrons. The summed E-state index contributed by atoms with van der Waals surface area (Å²) in [5, 5.41) is 13.4. The second-order valence-corrected chi connectivity index (χ2v) is 3.06. The lowest BCUT2D eigenvalue weighted by Gasteiger charge is -2.06. The maximum Gasteiger partial charge on any atom is 0.131 e. The topological polar surface area (TPSA) is 64.1 Å². The minimum atomic E-state index is -0.439. The number of aliphatic hydroxyl groups excluding tert-OH is 1. The first-order chi connectivity index (χ1) is 5.57. The van der Waals surface area contributed by atoms with Crippen LogP contribution in [0.4, 0.5) is 0 Å². The Kier molecular flexibility index (Phi) is 2.72. The quantitative estimate of drug-likeness (QED) is 0.707. The van der Waals surface area contributed by atoms with E-state index < -0.39 is 6.04 Å². The van der Waals surface area contributed by atoms with E-state index in [9.17, 15) is 0 Å². The molecule has 1 atom stereocenters. The van der Waals surface area contributed by atoms with Gasteiger partial charge in [0.15, 0.2) is 0 Å². The molecule has 4 nitrogen and oxygen atoms in total. The van der Waals surface area contributed by atoms with Crippen molar-refractivity contribution >= 4 is 11.6 Å². The van der Waals surface area contributed by atoms with E-state index in [1.165, 1.54) is 0 Å². The molecule has 1 heterocycles. The van der Waals surface area contributed by atoms with Gasteiger partial charge in [-0.05, 0) is 6.92 Å². The maximum absolute atomic E-state index is 8.83. The SMILES string of the molecule is Cc1nn(C)c(Cl)c1C(N)CO. The molecule has 1 unspecified atom stereocenters. The lowest BCUT2D eigenvalue weighted by molar-refractivity contribution is 0.267. The van der Waals surface area contributed by atoms with Crippen molar-refractivity contribution in [3.8, 4) is 0 Å². The summed E-state index contributed by atoms with van der Waals surface area (Å²) >= 11 is 5.90.